The summed E-state index contributed by atoms with van der Waals surface area (Å²) in [6.45, 7) is 2.23. The summed E-state index contributed by atoms with van der Waals surface area (Å²) in [7, 11) is 0. The van der Waals surface area contributed by atoms with Crippen molar-refractivity contribution in [2.75, 3.05) is 0 Å². The van der Waals surface area contributed by atoms with Crippen molar-refractivity contribution >= 4 is 22.3 Å². The van der Waals surface area contributed by atoms with Crippen LogP contribution < -0.4 is 5.56 Å². The molecule has 1 aliphatic carbocycles. The number of hydrogen-bond donors (Lipinski definition) is 0. The summed E-state index contributed by atoms with van der Waals surface area (Å²) in [5.41, 5.74) is 3.54. The maximum atomic E-state index is 12.6. The van der Waals surface area contributed by atoms with E-state index in [0.29, 0.717) is 5.92 Å². The number of benzene rings is 1. The van der Waals surface area contributed by atoms with E-state index in [2.05, 4.69) is 23.1 Å². The van der Waals surface area contributed by atoms with Crippen molar-refractivity contribution in [2.24, 2.45) is 5.92 Å². The van der Waals surface area contributed by atoms with Gasteiger partial charge < -0.3 is 0 Å². The van der Waals surface area contributed by atoms with Crippen LogP contribution in [0.1, 0.15) is 37.4 Å². The van der Waals surface area contributed by atoms with Gasteiger partial charge in [-0.15, -0.1) is 0 Å². The number of carbonyl (C=O) groups is 1. The first-order valence-corrected chi connectivity index (χ1v) is 9.71. The largest absolute Gasteiger partial charge is 0.297 e. The number of ketones is 1. The maximum absolute atomic E-state index is 12.6. The molecule has 0 aliphatic heterocycles. The fraction of sp³-hybridized carbons (Fsp3) is 0.304. The molecule has 0 N–H and O–H groups in total. The number of rotatable bonds is 5. The highest BCUT2D eigenvalue weighted by Gasteiger charge is 2.14. The lowest BCUT2D eigenvalue weighted by molar-refractivity contribution is -0.119. The van der Waals surface area contributed by atoms with E-state index in [1.807, 2.05) is 30.3 Å². The van der Waals surface area contributed by atoms with Crippen molar-refractivity contribution in [3.05, 3.63) is 76.3 Å². The zero-order valence-electron chi connectivity index (χ0n) is 16.0. The standard InChI is InChI=1S/C23H23N3O2/c1-16-4-7-18(8-5-16)22-10-11-23(28)26(25-22)15-20(27)14-17-6-9-21-19(13-17)3-2-12-24-21/h2-3,6-7,9-13,16H,4-5,8,14-15H2,1H3. The van der Waals surface area contributed by atoms with E-state index < -0.39 is 0 Å². The fourth-order valence-corrected chi connectivity index (χ4v) is 3.62. The van der Waals surface area contributed by atoms with Crippen LogP contribution in [-0.2, 0) is 17.8 Å². The second-order valence-corrected chi connectivity index (χ2v) is 7.57. The molecule has 1 atom stereocenters. The molecule has 142 valence electrons. The van der Waals surface area contributed by atoms with Crippen LogP contribution in [0.4, 0.5) is 0 Å². The molecule has 1 aliphatic rings. The average Bonchev–Trinajstić information content (AvgIpc) is 2.70. The van der Waals surface area contributed by atoms with Crippen LogP contribution in [-0.4, -0.2) is 20.5 Å². The van der Waals surface area contributed by atoms with Gasteiger partial charge >= 0.3 is 0 Å². The Balaban J connectivity index is 1.50. The van der Waals surface area contributed by atoms with Gasteiger partial charge in [-0.05, 0) is 60.6 Å². The number of hydrogen-bond acceptors (Lipinski definition) is 4. The number of allylic oxidation sites excluding steroid dienone is 2. The molecule has 2 heterocycles. The number of Topliss-reactive ketones (excluding diaryl/α,β-unsaturated/α-hetero) is 1. The molecule has 0 radical (unpaired) electrons. The lowest BCUT2D eigenvalue weighted by Crippen LogP contribution is -2.27. The lowest BCUT2D eigenvalue weighted by Gasteiger charge is -2.18. The normalized spacial score (nSPS) is 16.8. The minimum atomic E-state index is -0.246. The van der Waals surface area contributed by atoms with Crippen LogP contribution in [0.3, 0.4) is 0 Å². The van der Waals surface area contributed by atoms with Crippen LogP contribution in [0.2, 0.25) is 0 Å². The molecule has 1 unspecified atom stereocenters. The van der Waals surface area contributed by atoms with Gasteiger partial charge in [-0.2, -0.15) is 5.10 Å². The van der Waals surface area contributed by atoms with E-state index in [1.165, 1.54) is 16.3 Å². The molecule has 4 rings (SSSR count). The summed E-state index contributed by atoms with van der Waals surface area (Å²) < 4.78 is 1.29. The van der Waals surface area contributed by atoms with Crippen LogP contribution in [0.15, 0.2) is 59.5 Å². The minimum Gasteiger partial charge on any atom is -0.297 e. The molecule has 0 bridgehead atoms. The van der Waals surface area contributed by atoms with Gasteiger partial charge in [0.25, 0.3) is 5.56 Å². The Labute approximate surface area is 163 Å². The van der Waals surface area contributed by atoms with Gasteiger partial charge in [0.05, 0.1) is 11.2 Å². The van der Waals surface area contributed by atoms with E-state index in [1.54, 1.807) is 12.3 Å². The SMILES string of the molecule is CC1CC=C(c2ccc(=O)n(CC(=O)Cc3ccc4ncccc4c3)n2)CC1. The topological polar surface area (TPSA) is 64.8 Å². The summed E-state index contributed by atoms with van der Waals surface area (Å²) >= 11 is 0. The quantitative estimate of drug-likeness (QED) is 0.682. The number of nitrogens with zero attached hydrogens (tertiary/aromatic N) is 3. The molecule has 5 heteroatoms. The Kier molecular flexibility index (Phi) is 5.15. The van der Waals surface area contributed by atoms with Gasteiger partial charge in [0.2, 0.25) is 0 Å². The summed E-state index contributed by atoms with van der Waals surface area (Å²) in [6, 6.07) is 12.9. The number of carbonyl (C=O) groups excluding carboxylic acids is 1. The highest BCUT2D eigenvalue weighted by atomic mass is 16.1. The van der Waals surface area contributed by atoms with Gasteiger partial charge in [0.1, 0.15) is 6.54 Å². The Hall–Kier alpha value is -3.08. The van der Waals surface area contributed by atoms with Crippen molar-refractivity contribution in [1.82, 2.24) is 14.8 Å². The lowest BCUT2D eigenvalue weighted by atomic mass is 9.90. The average molecular weight is 373 g/mol. The summed E-state index contributed by atoms with van der Waals surface area (Å²) in [5.74, 6) is 0.648. The van der Waals surface area contributed by atoms with E-state index in [4.69, 9.17) is 0 Å². The van der Waals surface area contributed by atoms with Gasteiger partial charge in [0.15, 0.2) is 5.78 Å². The monoisotopic (exact) mass is 373 g/mol. The van der Waals surface area contributed by atoms with Crippen LogP contribution in [0.25, 0.3) is 16.5 Å². The summed E-state index contributed by atoms with van der Waals surface area (Å²) in [6.07, 6.45) is 7.35. The van der Waals surface area contributed by atoms with E-state index in [-0.39, 0.29) is 24.3 Å². The predicted octanol–water partition coefficient (Wildman–Crippen LogP) is 3.81. The number of fused-ring (bicyclic) bond motifs is 1. The smallest absolute Gasteiger partial charge is 0.267 e. The van der Waals surface area contributed by atoms with Crippen LogP contribution >= 0.6 is 0 Å². The Morgan fingerprint density at radius 1 is 1.21 bits per heavy atom. The third-order valence-electron chi connectivity index (χ3n) is 5.26. The number of aromatic nitrogens is 3. The zero-order chi connectivity index (χ0) is 19.5. The Morgan fingerprint density at radius 3 is 2.93 bits per heavy atom. The van der Waals surface area contributed by atoms with Crippen molar-refractivity contribution in [2.45, 2.75) is 39.2 Å². The van der Waals surface area contributed by atoms with E-state index >= 15 is 0 Å². The summed E-state index contributed by atoms with van der Waals surface area (Å²) in [4.78, 5) is 29.1. The first kappa shape index (κ1) is 18.3. The molecule has 0 saturated carbocycles. The molecule has 3 aromatic rings. The molecule has 5 nitrogen and oxygen atoms in total. The highest BCUT2D eigenvalue weighted by molar-refractivity contribution is 5.84. The second kappa shape index (κ2) is 7.89. The van der Waals surface area contributed by atoms with E-state index in [0.717, 1.165) is 41.4 Å². The molecule has 0 fully saturated rings. The first-order chi connectivity index (χ1) is 13.6. The molecular formula is C23H23N3O2. The van der Waals surface area contributed by atoms with Crippen molar-refractivity contribution < 1.29 is 4.79 Å². The first-order valence-electron chi connectivity index (χ1n) is 9.71. The van der Waals surface area contributed by atoms with Crippen molar-refractivity contribution in [1.29, 1.82) is 0 Å². The third-order valence-corrected chi connectivity index (χ3v) is 5.26. The van der Waals surface area contributed by atoms with Gasteiger partial charge in [-0.25, -0.2) is 4.68 Å². The second-order valence-electron chi connectivity index (χ2n) is 7.57. The molecule has 0 amide bonds. The van der Waals surface area contributed by atoms with Crippen molar-refractivity contribution in [3.63, 3.8) is 0 Å². The van der Waals surface area contributed by atoms with Crippen molar-refractivity contribution in [3.8, 4) is 0 Å². The van der Waals surface area contributed by atoms with Crippen LogP contribution in [0.5, 0.6) is 0 Å². The molecular weight excluding hydrogens is 350 g/mol. The Bertz CT molecular complexity index is 1110. The third kappa shape index (κ3) is 4.09. The van der Waals surface area contributed by atoms with Gasteiger partial charge in [-0.3, -0.25) is 14.6 Å². The molecule has 1 aromatic carbocycles. The van der Waals surface area contributed by atoms with Crippen LogP contribution in [0, 0.1) is 5.92 Å². The van der Waals surface area contributed by atoms with Gasteiger partial charge in [-0.1, -0.05) is 25.1 Å². The van der Waals surface area contributed by atoms with Gasteiger partial charge in [0, 0.05) is 24.1 Å². The predicted molar refractivity (Wildman–Crippen MR) is 110 cm³/mol. The molecule has 2 aromatic heterocycles. The Morgan fingerprint density at radius 2 is 2.11 bits per heavy atom. The summed E-state index contributed by atoms with van der Waals surface area (Å²) in [5, 5.41) is 5.46. The highest BCUT2D eigenvalue weighted by Crippen LogP contribution is 2.28. The molecule has 28 heavy (non-hydrogen) atoms. The molecule has 0 saturated heterocycles. The maximum Gasteiger partial charge on any atom is 0.267 e. The molecule has 0 spiro atoms. The number of pyridine rings is 1. The minimum absolute atomic E-state index is 0.0125. The van der Waals surface area contributed by atoms with E-state index in [9.17, 15) is 9.59 Å². The fourth-order valence-electron chi connectivity index (χ4n) is 3.62. The zero-order valence-corrected chi connectivity index (χ0v) is 16.0.